The number of hydrogen-bond donors (Lipinski definition) is 3. The molecule has 8 bridgehead atoms. The van der Waals surface area contributed by atoms with E-state index >= 15 is 0 Å². The van der Waals surface area contributed by atoms with Gasteiger partial charge < -0.3 is 38.9 Å². The van der Waals surface area contributed by atoms with Gasteiger partial charge in [0, 0.05) is 47.4 Å². The van der Waals surface area contributed by atoms with Crippen molar-refractivity contribution in [3.8, 4) is 0 Å². The second kappa shape index (κ2) is 17.1. The van der Waals surface area contributed by atoms with Gasteiger partial charge in [-0.1, -0.05) is 6.92 Å². The third kappa shape index (κ3) is 8.07. The SMILES string of the molecule is CCc1c(C)c2[nH]c1=CC1=C(C)C3=C(O)CC(=C4N=C(C=C5N=C(C=2)C(COC)=C5C)C(C)=C4CCC(=O)OCCOCCOCCOCCO)C3=N1. The maximum absolute atomic E-state index is 12.9. The first-order valence-corrected chi connectivity index (χ1v) is 18.3. The number of hydrogen-bond acceptors (Lipinski definition) is 11. The quantitative estimate of drug-likeness (QED) is 0.160. The molecular formula is C41H50N4O8. The van der Waals surface area contributed by atoms with Crippen LogP contribution in [0, 0.1) is 6.92 Å². The van der Waals surface area contributed by atoms with Gasteiger partial charge in [0.2, 0.25) is 0 Å². The van der Waals surface area contributed by atoms with Gasteiger partial charge in [0.25, 0.3) is 0 Å². The highest BCUT2D eigenvalue weighted by Gasteiger charge is 2.37. The Morgan fingerprint density at radius 1 is 0.830 bits per heavy atom. The van der Waals surface area contributed by atoms with E-state index in [0.29, 0.717) is 45.9 Å². The van der Waals surface area contributed by atoms with Gasteiger partial charge in [-0.3, -0.25) is 4.79 Å². The molecular weight excluding hydrogens is 676 g/mol. The van der Waals surface area contributed by atoms with E-state index in [-0.39, 0.29) is 44.6 Å². The number of nitrogens with zero attached hydrogens (tertiary/aromatic N) is 3. The molecule has 12 heteroatoms. The topological polar surface area (TPSA) is 157 Å². The molecule has 0 atom stereocenters. The Morgan fingerprint density at radius 3 is 2.25 bits per heavy atom. The van der Waals surface area contributed by atoms with E-state index in [9.17, 15) is 9.90 Å². The van der Waals surface area contributed by atoms with Crippen molar-refractivity contribution in [3.63, 3.8) is 0 Å². The molecule has 5 heterocycles. The maximum atomic E-state index is 12.9. The van der Waals surface area contributed by atoms with Crippen molar-refractivity contribution in [1.82, 2.24) is 4.98 Å². The van der Waals surface area contributed by atoms with Crippen molar-refractivity contribution in [1.29, 1.82) is 0 Å². The van der Waals surface area contributed by atoms with Gasteiger partial charge in [0.1, 0.15) is 12.4 Å². The highest BCUT2D eigenvalue weighted by atomic mass is 16.6. The summed E-state index contributed by atoms with van der Waals surface area (Å²) in [5, 5.41) is 22.0. The number of rotatable bonds is 17. The fourth-order valence-corrected chi connectivity index (χ4v) is 7.25. The third-order valence-electron chi connectivity index (χ3n) is 10.2. The Kier molecular flexibility index (Phi) is 12.4. The van der Waals surface area contributed by atoms with Crippen molar-refractivity contribution >= 4 is 35.3 Å². The number of carbonyl (C=O) groups excluding carboxylic acids is 1. The van der Waals surface area contributed by atoms with Crippen molar-refractivity contribution in [3.05, 3.63) is 89.8 Å². The molecule has 0 saturated heterocycles. The number of aromatic nitrogens is 1. The standard InChI is InChI=1S/C41H50N4O8/c1-7-27-23(2)32-20-36-30(22-49-6)25(4)31(43-36)19-33-24(3)28(8-9-38(48)53-17-16-52-15-14-51-13-12-50-11-10-46)40(44-33)29-18-37(47)39-26(5)34(45-41(29)39)21-35(27)42-32/h19-21,42,46-47H,7-18,22H2,1-6H3. The highest BCUT2D eigenvalue weighted by Crippen LogP contribution is 2.44. The zero-order chi connectivity index (χ0) is 37.6. The summed E-state index contributed by atoms with van der Waals surface area (Å²) in [6, 6.07) is 0. The van der Waals surface area contributed by atoms with Crippen molar-refractivity contribution in [2.75, 3.05) is 66.6 Å². The van der Waals surface area contributed by atoms with E-state index in [2.05, 4.69) is 37.9 Å². The number of nitrogens with one attached hydrogen (secondary N) is 1. The number of H-pyrrole nitrogens is 1. The largest absolute Gasteiger partial charge is 0.511 e. The molecule has 5 aliphatic rings. The molecule has 0 radical (unpaired) electrons. The molecule has 6 rings (SSSR count). The lowest BCUT2D eigenvalue weighted by Gasteiger charge is -2.10. The van der Waals surface area contributed by atoms with Crippen LogP contribution in [0.3, 0.4) is 0 Å². The molecule has 53 heavy (non-hydrogen) atoms. The van der Waals surface area contributed by atoms with Crippen molar-refractivity contribution in [2.45, 2.75) is 60.3 Å². The highest BCUT2D eigenvalue weighted by molar-refractivity contribution is 6.25. The molecule has 1 aromatic heterocycles. The molecule has 0 amide bonds. The molecule has 3 N–H and O–H groups in total. The lowest BCUT2D eigenvalue weighted by Crippen LogP contribution is -2.15. The van der Waals surface area contributed by atoms with Crippen LogP contribution in [0.5, 0.6) is 0 Å². The van der Waals surface area contributed by atoms with Crippen molar-refractivity contribution in [2.24, 2.45) is 15.0 Å². The van der Waals surface area contributed by atoms with Crippen LogP contribution in [-0.4, -0.2) is 105 Å². The number of fused-ring (bicyclic) bond motifs is 5. The Morgan fingerprint density at radius 2 is 1.55 bits per heavy atom. The molecule has 282 valence electrons. The van der Waals surface area contributed by atoms with E-state index < -0.39 is 0 Å². The van der Waals surface area contributed by atoms with E-state index in [1.54, 1.807) is 7.11 Å². The number of esters is 1. The van der Waals surface area contributed by atoms with Gasteiger partial charge in [0.15, 0.2) is 0 Å². The summed E-state index contributed by atoms with van der Waals surface area (Å²) >= 11 is 0. The second-order valence-corrected chi connectivity index (χ2v) is 13.4. The molecule has 0 saturated carbocycles. The van der Waals surface area contributed by atoms with Crippen molar-refractivity contribution < 1.29 is 38.7 Å². The van der Waals surface area contributed by atoms with Crippen LogP contribution in [0.25, 0.3) is 12.2 Å². The zero-order valence-corrected chi connectivity index (χ0v) is 31.6. The summed E-state index contributed by atoms with van der Waals surface area (Å²) in [5.41, 5.74) is 13.4. The second-order valence-electron chi connectivity index (χ2n) is 13.4. The van der Waals surface area contributed by atoms with E-state index in [0.717, 1.165) is 95.9 Å². The van der Waals surface area contributed by atoms with Crippen LogP contribution < -0.4 is 10.7 Å². The number of aliphatic hydroxyl groups is 2. The summed E-state index contributed by atoms with van der Waals surface area (Å²) in [7, 11) is 1.69. The first kappa shape index (κ1) is 38.3. The Hall–Kier alpha value is -4.46. The average Bonchev–Trinajstić information content (AvgIpc) is 3.89. The number of aromatic amines is 1. The number of aliphatic imine (C=N–C) groups is 3. The van der Waals surface area contributed by atoms with Gasteiger partial charge in [-0.25, -0.2) is 15.0 Å². The van der Waals surface area contributed by atoms with Crippen LogP contribution in [0.4, 0.5) is 0 Å². The third-order valence-corrected chi connectivity index (χ3v) is 10.2. The van der Waals surface area contributed by atoms with Crippen LogP contribution in [-0.2, 0) is 34.9 Å². The number of carbonyl (C=O) groups is 1. The Bertz CT molecular complexity index is 2080. The first-order valence-electron chi connectivity index (χ1n) is 18.3. The van der Waals surface area contributed by atoms with Gasteiger partial charge in [-0.15, -0.1) is 0 Å². The molecule has 4 aliphatic heterocycles. The van der Waals surface area contributed by atoms with Gasteiger partial charge in [0.05, 0.1) is 87.1 Å². The summed E-state index contributed by atoms with van der Waals surface area (Å²) < 4.78 is 27.2. The lowest BCUT2D eigenvalue weighted by atomic mass is 9.95. The normalized spacial score (nSPS) is 17.9. The summed E-state index contributed by atoms with van der Waals surface area (Å²) in [4.78, 5) is 32.0. The minimum Gasteiger partial charge on any atom is -0.511 e. The van der Waals surface area contributed by atoms with Crippen LogP contribution in [0.1, 0.15) is 58.1 Å². The van der Waals surface area contributed by atoms with E-state index in [4.69, 9.17) is 43.8 Å². The monoisotopic (exact) mass is 726 g/mol. The number of allylic oxidation sites excluding steroid dienone is 8. The number of methoxy groups -OCH3 is 1. The fraction of sp³-hybridized carbons (Fsp3) is 0.463. The molecule has 0 fully saturated rings. The minimum atomic E-state index is -0.336. The number of ether oxygens (including phenoxy) is 5. The zero-order valence-electron chi connectivity index (χ0n) is 31.6. The fourth-order valence-electron chi connectivity index (χ4n) is 7.25. The Balaban J connectivity index is 1.28. The van der Waals surface area contributed by atoms with E-state index in [1.807, 2.05) is 19.9 Å². The van der Waals surface area contributed by atoms with Crippen LogP contribution in [0.2, 0.25) is 0 Å². The summed E-state index contributed by atoms with van der Waals surface area (Å²) in [6.07, 6.45) is 7.87. The van der Waals surface area contributed by atoms with Crippen LogP contribution >= 0.6 is 0 Å². The van der Waals surface area contributed by atoms with Gasteiger partial charge in [-0.2, -0.15) is 0 Å². The average molecular weight is 727 g/mol. The van der Waals surface area contributed by atoms with E-state index in [1.165, 1.54) is 5.56 Å². The lowest BCUT2D eigenvalue weighted by molar-refractivity contribution is -0.145. The maximum Gasteiger partial charge on any atom is 0.306 e. The summed E-state index contributed by atoms with van der Waals surface area (Å²) in [5.74, 6) is -0.0651. The molecule has 0 unspecified atom stereocenters. The minimum absolute atomic E-state index is 0.0144. The predicted molar refractivity (Wildman–Crippen MR) is 204 cm³/mol. The molecule has 1 aromatic rings. The van der Waals surface area contributed by atoms with Crippen LogP contribution in [0.15, 0.2) is 82.9 Å². The smallest absolute Gasteiger partial charge is 0.306 e. The molecule has 0 spiro atoms. The summed E-state index contributed by atoms with van der Waals surface area (Å²) in [6.45, 7) is 13.0. The predicted octanol–water partition coefficient (Wildman–Crippen LogP) is 4.10. The number of aliphatic hydroxyl groups excluding tert-OH is 2. The Labute approximate surface area is 310 Å². The molecule has 12 nitrogen and oxygen atoms in total. The van der Waals surface area contributed by atoms with Gasteiger partial charge >= 0.3 is 5.97 Å². The molecule has 1 aliphatic carbocycles. The van der Waals surface area contributed by atoms with Gasteiger partial charge in [-0.05, 0) is 92.2 Å². The first-order chi connectivity index (χ1) is 25.7. The molecule has 0 aromatic carbocycles.